The van der Waals surface area contributed by atoms with Gasteiger partial charge in [-0.25, -0.2) is 0 Å². The third kappa shape index (κ3) is 1.46. The maximum Gasteiger partial charge on any atom is 0.256 e. The number of rotatable bonds is 1. The number of ether oxygens (including phenoxy) is 1. The summed E-state index contributed by atoms with van der Waals surface area (Å²) >= 11 is 0. The Bertz CT molecular complexity index is 883. The number of hydrogen-bond donors (Lipinski definition) is 0. The van der Waals surface area contributed by atoms with Gasteiger partial charge in [-0.15, -0.1) is 10.2 Å². The van der Waals surface area contributed by atoms with Crippen molar-refractivity contribution in [3.63, 3.8) is 0 Å². The second kappa shape index (κ2) is 3.93. The summed E-state index contributed by atoms with van der Waals surface area (Å²) in [5.74, 6) is 0.840. The Morgan fingerprint density at radius 2 is 2.05 bits per heavy atom. The van der Waals surface area contributed by atoms with E-state index < -0.39 is 0 Å². The van der Waals surface area contributed by atoms with Crippen LogP contribution in [0.5, 0.6) is 5.75 Å². The Hall–Kier alpha value is -3.19. The van der Waals surface area contributed by atoms with Crippen LogP contribution in [0.4, 0.5) is 0 Å². The van der Waals surface area contributed by atoms with E-state index in [-0.39, 0.29) is 17.2 Å². The van der Waals surface area contributed by atoms with Crippen LogP contribution in [-0.4, -0.2) is 26.7 Å². The van der Waals surface area contributed by atoms with Crippen LogP contribution in [0.1, 0.15) is 11.4 Å². The highest BCUT2D eigenvalue weighted by Gasteiger charge is 2.15. The van der Waals surface area contributed by atoms with Gasteiger partial charge in [0.1, 0.15) is 23.4 Å². The monoisotopic (exact) mass is 250 g/mol. The molecule has 0 unspecified atom stereocenters. The summed E-state index contributed by atoms with van der Waals surface area (Å²) in [4.78, 5) is 3.97. The van der Waals surface area contributed by atoms with E-state index in [1.54, 1.807) is 25.3 Å². The summed E-state index contributed by atoms with van der Waals surface area (Å²) in [5.41, 5.74) is 1.39. The molecule has 7 heteroatoms. The minimum absolute atomic E-state index is 0.0344. The van der Waals surface area contributed by atoms with Gasteiger partial charge >= 0.3 is 0 Å². The van der Waals surface area contributed by atoms with E-state index in [1.807, 2.05) is 12.1 Å². The minimum Gasteiger partial charge on any atom is -0.497 e. The molecule has 0 bridgehead atoms. The second-order valence-corrected chi connectivity index (χ2v) is 3.72. The molecule has 3 rings (SSSR count). The van der Waals surface area contributed by atoms with Crippen LogP contribution in [0.2, 0.25) is 0 Å². The first-order chi connectivity index (χ1) is 9.28. The minimum atomic E-state index is 0.0344. The molecule has 7 nitrogen and oxygen atoms in total. The predicted octanol–water partition coefficient (Wildman–Crippen LogP) is 1.03. The molecule has 2 heterocycles. The van der Waals surface area contributed by atoms with Crippen molar-refractivity contribution in [1.82, 2.24) is 19.6 Å². The topological polar surface area (TPSA) is 99.9 Å². The van der Waals surface area contributed by atoms with Crippen molar-refractivity contribution in [3.8, 4) is 17.9 Å². The van der Waals surface area contributed by atoms with Crippen molar-refractivity contribution >= 4 is 16.8 Å². The number of aromatic nitrogens is 4. The molecule has 0 aliphatic carbocycles. The van der Waals surface area contributed by atoms with Crippen molar-refractivity contribution in [2.24, 2.45) is 0 Å². The average Bonchev–Trinajstić information content (AvgIpc) is 2.84. The molecular formula is C12H6N6O. The maximum absolute atomic E-state index is 9.18. The zero-order valence-electron chi connectivity index (χ0n) is 9.82. The second-order valence-electron chi connectivity index (χ2n) is 3.72. The lowest BCUT2D eigenvalue weighted by molar-refractivity contribution is 0.415. The maximum atomic E-state index is 9.18. The molecule has 0 atom stereocenters. The number of fused-ring (bicyclic) bond motifs is 3. The summed E-state index contributed by atoms with van der Waals surface area (Å²) in [7, 11) is 1.55. The largest absolute Gasteiger partial charge is 0.497 e. The fourth-order valence-corrected chi connectivity index (χ4v) is 1.88. The van der Waals surface area contributed by atoms with Crippen LogP contribution in [-0.2, 0) is 0 Å². The van der Waals surface area contributed by atoms with Crippen LogP contribution in [0.3, 0.4) is 0 Å². The summed E-state index contributed by atoms with van der Waals surface area (Å²) in [6.45, 7) is 0. The lowest BCUT2D eigenvalue weighted by Crippen LogP contribution is -1.98. The molecule has 0 radical (unpaired) electrons. The SMILES string of the molecule is COc1ccc2nnc3nc(C#N)c(C#N)n3c2c1. The molecule has 0 saturated carbocycles. The van der Waals surface area contributed by atoms with E-state index in [9.17, 15) is 5.26 Å². The number of hydrogen-bond acceptors (Lipinski definition) is 6. The van der Waals surface area contributed by atoms with E-state index in [4.69, 9.17) is 10.00 Å². The summed E-state index contributed by atoms with van der Waals surface area (Å²) in [6, 6.07) is 9.04. The molecule has 2 aromatic heterocycles. The first-order valence-electron chi connectivity index (χ1n) is 5.31. The van der Waals surface area contributed by atoms with Gasteiger partial charge in [0.25, 0.3) is 5.78 Å². The van der Waals surface area contributed by atoms with Crippen LogP contribution in [0, 0.1) is 22.7 Å². The molecule has 0 aliphatic rings. The van der Waals surface area contributed by atoms with E-state index in [1.165, 1.54) is 4.40 Å². The molecule has 0 fully saturated rings. The van der Waals surface area contributed by atoms with Gasteiger partial charge < -0.3 is 4.74 Å². The van der Waals surface area contributed by atoms with E-state index in [0.29, 0.717) is 16.8 Å². The molecule has 19 heavy (non-hydrogen) atoms. The Labute approximate surface area is 107 Å². The van der Waals surface area contributed by atoms with Gasteiger partial charge in [-0.05, 0) is 12.1 Å². The van der Waals surface area contributed by atoms with Gasteiger partial charge in [0.05, 0.1) is 12.6 Å². The lowest BCUT2D eigenvalue weighted by Gasteiger charge is -2.03. The van der Waals surface area contributed by atoms with Crippen molar-refractivity contribution in [3.05, 3.63) is 29.6 Å². The Morgan fingerprint density at radius 1 is 1.21 bits per heavy atom. The van der Waals surface area contributed by atoms with E-state index in [0.717, 1.165) is 0 Å². The van der Waals surface area contributed by atoms with Gasteiger partial charge in [-0.3, -0.25) is 4.40 Å². The van der Waals surface area contributed by atoms with E-state index >= 15 is 0 Å². The number of benzene rings is 1. The lowest BCUT2D eigenvalue weighted by atomic mass is 10.3. The molecule has 0 N–H and O–H groups in total. The van der Waals surface area contributed by atoms with Crippen molar-refractivity contribution in [2.75, 3.05) is 7.11 Å². The van der Waals surface area contributed by atoms with Crippen LogP contribution < -0.4 is 4.74 Å². The van der Waals surface area contributed by atoms with Crippen molar-refractivity contribution in [2.45, 2.75) is 0 Å². The average molecular weight is 250 g/mol. The van der Waals surface area contributed by atoms with Gasteiger partial charge in [0.2, 0.25) is 0 Å². The fraction of sp³-hybridized carbons (Fsp3) is 0.0833. The summed E-state index contributed by atoms with van der Waals surface area (Å²) < 4.78 is 6.65. The summed E-state index contributed by atoms with van der Waals surface area (Å²) in [5, 5.41) is 26.1. The molecule has 0 spiro atoms. The number of imidazole rings is 1. The first-order valence-corrected chi connectivity index (χ1v) is 5.31. The smallest absolute Gasteiger partial charge is 0.256 e. The van der Waals surface area contributed by atoms with Crippen molar-refractivity contribution < 1.29 is 4.74 Å². The third-order valence-corrected chi connectivity index (χ3v) is 2.74. The molecular weight excluding hydrogens is 244 g/mol. The molecule has 0 saturated heterocycles. The quantitative estimate of drug-likeness (QED) is 0.639. The Morgan fingerprint density at radius 3 is 2.74 bits per heavy atom. The van der Waals surface area contributed by atoms with Crippen LogP contribution in [0.15, 0.2) is 18.2 Å². The van der Waals surface area contributed by atoms with Gasteiger partial charge in [0.15, 0.2) is 11.4 Å². The molecule has 1 aromatic carbocycles. The Kier molecular flexibility index (Phi) is 2.26. The zero-order chi connectivity index (χ0) is 13.4. The van der Waals surface area contributed by atoms with Gasteiger partial charge in [-0.1, -0.05) is 0 Å². The zero-order valence-corrected chi connectivity index (χ0v) is 9.82. The molecule has 0 aliphatic heterocycles. The van der Waals surface area contributed by atoms with Gasteiger partial charge in [-0.2, -0.15) is 15.5 Å². The summed E-state index contributed by atoms with van der Waals surface area (Å²) in [6.07, 6.45) is 0. The third-order valence-electron chi connectivity index (χ3n) is 2.74. The van der Waals surface area contributed by atoms with Crippen molar-refractivity contribution in [1.29, 1.82) is 10.5 Å². The van der Waals surface area contributed by atoms with E-state index in [2.05, 4.69) is 15.2 Å². The number of methoxy groups -OCH3 is 1. The highest BCUT2D eigenvalue weighted by atomic mass is 16.5. The highest BCUT2D eigenvalue weighted by Crippen LogP contribution is 2.21. The number of nitrogens with zero attached hydrogens (tertiary/aromatic N) is 6. The predicted molar refractivity (Wildman–Crippen MR) is 64.3 cm³/mol. The normalized spacial score (nSPS) is 10.3. The molecule has 0 amide bonds. The molecule has 3 aromatic rings. The highest BCUT2D eigenvalue weighted by molar-refractivity contribution is 5.79. The Balaban J connectivity index is 2.54. The van der Waals surface area contributed by atoms with Crippen LogP contribution in [0.25, 0.3) is 16.8 Å². The molecule has 90 valence electrons. The standard InChI is InChI=1S/C12H6N6O/c1-19-7-2-3-8-10(4-7)18-11(6-14)9(5-13)15-12(18)17-16-8/h2-4H,1H3. The van der Waals surface area contributed by atoms with Crippen LogP contribution >= 0.6 is 0 Å². The number of nitriles is 2. The van der Waals surface area contributed by atoms with Gasteiger partial charge in [0, 0.05) is 6.07 Å². The first kappa shape index (κ1) is 10.9. The fourth-order valence-electron chi connectivity index (χ4n) is 1.88.